The van der Waals surface area contributed by atoms with Gasteiger partial charge in [0.2, 0.25) is 5.91 Å². The van der Waals surface area contributed by atoms with Crippen molar-refractivity contribution < 1.29 is 14.3 Å². The van der Waals surface area contributed by atoms with Gasteiger partial charge in [0.1, 0.15) is 5.75 Å². The van der Waals surface area contributed by atoms with E-state index < -0.39 is 0 Å². The smallest absolute Gasteiger partial charge is 0.253 e. The second-order valence-corrected chi connectivity index (χ2v) is 7.17. The minimum absolute atomic E-state index is 0.0826. The van der Waals surface area contributed by atoms with Crippen LogP contribution in [-0.4, -0.2) is 42.3 Å². The zero-order valence-corrected chi connectivity index (χ0v) is 16.3. The van der Waals surface area contributed by atoms with Gasteiger partial charge >= 0.3 is 0 Å². The number of rotatable bonds is 6. The maximum Gasteiger partial charge on any atom is 0.253 e. The minimum Gasteiger partial charge on any atom is -0.496 e. The van der Waals surface area contributed by atoms with Gasteiger partial charge in [-0.2, -0.15) is 0 Å². The first kappa shape index (κ1) is 19.2. The Bertz CT molecular complexity index is 836. The molecule has 1 saturated heterocycles. The Labute approximate surface area is 164 Å². The third kappa shape index (κ3) is 4.61. The first-order chi connectivity index (χ1) is 13.0. The fourth-order valence-electron chi connectivity index (χ4n) is 3.26. The number of ether oxygens (including phenoxy) is 1. The second kappa shape index (κ2) is 8.44. The van der Waals surface area contributed by atoms with Crippen molar-refractivity contribution in [3.8, 4) is 5.75 Å². The number of amides is 2. The van der Waals surface area contributed by atoms with Gasteiger partial charge in [-0.15, -0.1) is 0 Å². The molecule has 0 bridgehead atoms. The molecular weight excluding hydrogens is 364 g/mol. The molecule has 0 saturated carbocycles. The summed E-state index contributed by atoms with van der Waals surface area (Å²) in [5.74, 6) is 0.816. The number of hydrogen-bond acceptors (Lipinski definition) is 3. The number of carbonyl (C=O) groups is 2. The summed E-state index contributed by atoms with van der Waals surface area (Å²) >= 11 is 6.06. The average Bonchev–Trinajstić information content (AvgIpc) is 3.06. The molecule has 1 aliphatic rings. The van der Waals surface area contributed by atoms with Crippen LogP contribution in [0, 0.1) is 0 Å². The van der Waals surface area contributed by atoms with Crippen LogP contribution >= 0.6 is 11.6 Å². The third-order valence-electron chi connectivity index (χ3n) is 4.74. The van der Waals surface area contributed by atoms with E-state index in [0.717, 1.165) is 24.1 Å². The Morgan fingerprint density at radius 2 is 1.96 bits per heavy atom. The molecule has 3 rings (SSSR count). The van der Waals surface area contributed by atoms with Gasteiger partial charge in [-0.3, -0.25) is 9.59 Å². The van der Waals surface area contributed by atoms with Gasteiger partial charge in [-0.1, -0.05) is 23.7 Å². The van der Waals surface area contributed by atoms with Crippen molar-refractivity contribution in [3.63, 3.8) is 0 Å². The summed E-state index contributed by atoms with van der Waals surface area (Å²) in [6, 6.07) is 12.8. The molecule has 0 radical (unpaired) electrons. The summed E-state index contributed by atoms with van der Waals surface area (Å²) < 4.78 is 5.35. The van der Waals surface area contributed by atoms with Gasteiger partial charge in [-0.25, -0.2) is 0 Å². The number of halogens is 1. The number of carbonyl (C=O) groups excluding carboxylic acids is 2. The molecule has 2 aromatic rings. The van der Waals surface area contributed by atoms with E-state index in [9.17, 15) is 9.59 Å². The number of hydrogen-bond donors (Lipinski definition) is 0. The number of benzene rings is 2. The molecule has 27 heavy (non-hydrogen) atoms. The lowest BCUT2D eigenvalue weighted by Crippen LogP contribution is -2.26. The van der Waals surface area contributed by atoms with Crippen molar-refractivity contribution in [1.29, 1.82) is 0 Å². The molecule has 1 aliphatic heterocycles. The van der Waals surface area contributed by atoms with Crippen molar-refractivity contribution in [2.45, 2.75) is 25.9 Å². The number of nitrogens with zero attached hydrogens (tertiary/aromatic N) is 2. The highest BCUT2D eigenvalue weighted by molar-refractivity contribution is 6.30. The predicted molar refractivity (Wildman–Crippen MR) is 105 cm³/mol. The van der Waals surface area contributed by atoms with E-state index in [0.29, 0.717) is 35.8 Å². The predicted octanol–water partition coefficient (Wildman–Crippen LogP) is 3.74. The molecule has 5 nitrogen and oxygen atoms in total. The maximum atomic E-state index is 12.7. The van der Waals surface area contributed by atoms with E-state index in [1.54, 1.807) is 37.3 Å². The summed E-state index contributed by atoms with van der Waals surface area (Å²) in [4.78, 5) is 28.0. The zero-order chi connectivity index (χ0) is 19.4. The summed E-state index contributed by atoms with van der Waals surface area (Å²) in [6.07, 6.45) is 1.56. The van der Waals surface area contributed by atoms with Crippen LogP contribution in [0.5, 0.6) is 5.75 Å². The van der Waals surface area contributed by atoms with Crippen LogP contribution in [0.15, 0.2) is 42.5 Å². The lowest BCUT2D eigenvalue weighted by Gasteiger charge is -2.20. The molecule has 2 amide bonds. The van der Waals surface area contributed by atoms with Crippen LogP contribution in [0.25, 0.3) is 0 Å². The van der Waals surface area contributed by atoms with Gasteiger partial charge in [0.05, 0.1) is 7.11 Å². The highest BCUT2D eigenvalue weighted by atomic mass is 35.5. The first-order valence-corrected chi connectivity index (χ1v) is 9.30. The summed E-state index contributed by atoms with van der Waals surface area (Å²) in [5.41, 5.74) is 2.49. The molecular formula is C21H23ClN2O3. The molecule has 1 heterocycles. The van der Waals surface area contributed by atoms with Crippen LogP contribution in [0.4, 0.5) is 0 Å². The Balaban J connectivity index is 1.66. The minimum atomic E-state index is -0.0826. The standard InChI is InChI=1S/C21H23ClN2O3/c1-23(14-17-12-18(22)9-10-19(17)27-2)21(26)16-7-5-15(6-8-16)13-24-11-3-4-20(24)25/h5-10,12H,3-4,11,13-14H2,1-2H3. The van der Waals surface area contributed by atoms with E-state index in [1.165, 1.54) is 0 Å². The lowest BCUT2D eigenvalue weighted by molar-refractivity contribution is -0.128. The molecule has 0 aromatic heterocycles. The van der Waals surface area contributed by atoms with E-state index in [-0.39, 0.29) is 11.8 Å². The monoisotopic (exact) mass is 386 g/mol. The average molecular weight is 387 g/mol. The Kier molecular flexibility index (Phi) is 6.01. The van der Waals surface area contributed by atoms with Crippen LogP contribution in [0.3, 0.4) is 0 Å². The summed E-state index contributed by atoms with van der Waals surface area (Å²) in [6.45, 7) is 1.80. The maximum absolute atomic E-state index is 12.7. The highest BCUT2D eigenvalue weighted by Crippen LogP contribution is 2.24. The molecule has 0 aliphatic carbocycles. The molecule has 1 fully saturated rings. The molecule has 0 N–H and O–H groups in total. The number of likely N-dealkylation sites (tertiary alicyclic amines) is 1. The third-order valence-corrected chi connectivity index (χ3v) is 4.98. The van der Waals surface area contributed by atoms with E-state index >= 15 is 0 Å². The van der Waals surface area contributed by atoms with E-state index in [2.05, 4.69) is 0 Å². The number of methoxy groups -OCH3 is 1. The van der Waals surface area contributed by atoms with E-state index in [4.69, 9.17) is 16.3 Å². The van der Waals surface area contributed by atoms with Crippen LogP contribution in [0.2, 0.25) is 5.02 Å². The van der Waals surface area contributed by atoms with Crippen LogP contribution < -0.4 is 4.74 Å². The van der Waals surface area contributed by atoms with Gasteiger partial charge in [-0.05, 0) is 42.3 Å². The van der Waals surface area contributed by atoms with Gasteiger partial charge in [0, 0.05) is 49.3 Å². The SMILES string of the molecule is COc1ccc(Cl)cc1CN(C)C(=O)c1ccc(CN2CCCC2=O)cc1. The van der Waals surface area contributed by atoms with E-state index in [1.807, 2.05) is 29.2 Å². The molecule has 0 spiro atoms. The largest absolute Gasteiger partial charge is 0.496 e. The quantitative estimate of drug-likeness (QED) is 0.759. The van der Waals surface area contributed by atoms with Crippen molar-refractivity contribution in [1.82, 2.24) is 9.80 Å². The Hall–Kier alpha value is -2.53. The van der Waals surface area contributed by atoms with Crippen LogP contribution in [-0.2, 0) is 17.9 Å². The molecule has 2 aromatic carbocycles. The Morgan fingerprint density at radius 3 is 2.59 bits per heavy atom. The second-order valence-electron chi connectivity index (χ2n) is 6.73. The normalized spacial score (nSPS) is 13.7. The lowest BCUT2D eigenvalue weighted by atomic mass is 10.1. The molecule has 6 heteroatoms. The highest BCUT2D eigenvalue weighted by Gasteiger charge is 2.20. The van der Waals surface area contributed by atoms with Crippen molar-refractivity contribution in [3.05, 3.63) is 64.2 Å². The van der Waals surface area contributed by atoms with Crippen LogP contribution in [0.1, 0.15) is 34.3 Å². The van der Waals surface area contributed by atoms with Gasteiger partial charge < -0.3 is 14.5 Å². The fourth-order valence-corrected chi connectivity index (χ4v) is 3.46. The molecule has 0 atom stereocenters. The topological polar surface area (TPSA) is 49.9 Å². The van der Waals surface area contributed by atoms with Crippen molar-refractivity contribution in [2.24, 2.45) is 0 Å². The van der Waals surface area contributed by atoms with Crippen molar-refractivity contribution in [2.75, 3.05) is 20.7 Å². The fraction of sp³-hybridized carbons (Fsp3) is 0.333. The summed E-state index contributed by atoms with van der Waals surface area (Å²) in [7, 11) is 3.35. The Morgan fingerprint density at radius 1 is 1.22 bits per heavy atom. The first-order valence-electron chi connectivity index (χ1n) is 8.92. The summed E-state index contributed by atoms with van der Waals surface area (Å²) in [5, 5.41) is 0.604. The van der Waals surface area contributed by atoms with Crippen molar-refractivity contribution >= 4 is 23.4 Å². The zero-order valence-electron chi connectivity index (χ0n) is 15.6. The van der Waals surface area contributed by atoms with Gasteiger partial charge in [0.15, 0.2) is 0 Å². The van der Waals surface area contributed by atoms with Gasteiger partial charge in [0.25, 0.3) is 5.91 Å². The molecule has 0 unspecified atom stereocenters. The molecule has 142 valence electrons.